The van der Waals surface area contributed by atoms with Crippen molar-refractivity contribution in [1.29, 1.82) is 0 Å². The van der Waals surface area contributed by atoms with Gasteiger partial charge in [-0.2, -0.15) is 5.10 Å². The third kappa shape index (κ3) is 8.19. The molecule has 0 aliphatic rings. The zero-order valence-corrected chi connectivity index (χ0v) is 13.4. The van der Waals surface area contributed by atoms with Crippen LogP contribution in [-0.2, 0) is 16.1 Å². The lowest BCUT2D eigenvalue weighted by atomic mass is 10.2. The summed E-state index contributed by atoms with van der Waals surface area (Å²) in [6, 6.07) is 9.67. The fraction of sp³-hybridized carbons (Fsp3) is 0.471. The monoisotopic (exact) mass is 303 g/mol. The van der Waals surface area contributed by atoms with Gasteiger partial charge < -0.3 is 5.32 Å². The Labute approximate surface area is 132 Å². The fourth-order valence-corrected chi connectivity index (χ4v) is 1.81. The number of carbonyl (C=O) groups is 2. The van der Waals surface area contributed by atoms with E-state index < -0.39 is 0 Å². The highest BCUT2D eigenvalue weighted by Crippen LogP contribution is 1.99. The number of nitrogens with one attached hydrogen (secondary N) is 2. The summed E-state index contributed by atoms with van der Waals surface area (Å²) in [5.74, 6) is -0.364. The van der Waals surface area contributed by atoms with E-state index in [9.17, 15) is 9.59 Å². The van der Waals surface area contributed by atoms with E-state index in [0.29, 0.717) is 6.54 Å². The van der Waals surface area contributed by atoms with Crippen molar-refractivity contribution in [3.63, 3.8) is 0 Å². The summed E-state index contributed by atoms with van der Waals surface area (Å²) in [5.41, 5.74) is 4.43. The standard InChI is InChI=1S/C17H25N3O2/c1-3-4-8-14(2)19-20-17(22)12-11-16(21)18-13-15-9-6-5-7-10-15/h5-7,9-10H,3-4,8,11-13H2,1-2H3,(H,18,21)(H,20,22). The van der Waals surface area contributed by atoms with E-state index in [2.05, 4.69) is 22.8 Å². The first-order chi connectivity index (χ1) is 10.6. The molecule has 0 aromatic heterocycles. The van der Waals surface area contributed by atoms with Crippen molar-refractivity contribution < 1.29 is 9.59 Å². The van der Waals surface area contributed by atoms with Crippen molar-refractivity contribution in [2.45, 2.75) is 52.5 Å². The molecule has 5 nitrogen and oxygen atoms in total. The Morgan fingerprint density at radius 3 is 2.41 bits per heavy atom. The molecule has 5 heteroatoms. The normalized spacial score (nSPS) is 11.1. The SMILES string of the molecule is CCCCC(C)=NNC(=O)CCC(=O)NCc1ccccc1. The molecule has 0 aliphatic heterocycles. The van der Waals surface area contributed by atoms with E-state index in [1.807, 2.05) is 37.3 Å². The van der Waals surface area contributed by atoms with Gasteiger partial charge >= 0.3 is 0 Å². The molecule has 0 bridgehead atoms. The molecule has 0 saturated heterocycles. The molecule has 0 fully saturated rings. The van der Waals surface area contributed by atoms with Crippen LogP contribution in [0.15, 0.2) is 35.4 Å². The molecule has 0 saturated carbocycles. The Hall–Kier alpha value is -2.17. The fourth-order valence-electron chi connectivity index (χ4n) is 1.81. The molecular formula is C17H25N3O2. The van der Waals surface area contributed by atoms with Crippen molar-refractivity contribution in [2.75, 3.05) is 0 Å². The molecule has 0 aliphatic carbocycles. The summed E-state index contributed by atoms with van der Waals surface area (Å²) in [4.78, 5) is 23.3. The first kappa shape index (κ1) is 17.9. The van der Waals surface area contributed by atoms with E-state index in [4.69, 9.17) is 0 Å². The zero-order valence-electron chi connectivity index (χ0n) is 13.4. The topological polar surface area (TPSA) is 70.6 Å². The van der Waals surface area contributed by atoms with E-state index >= 15 is 0 Å². The lowest BCUT2D eigenvalue weighted by molar-refractivity contribution is -0.126. The summed E-state index contributed by atoms with van der Waals surface area (Å²) in [6.07, 6.45) is 3.36. The predicted molar refractivity (Wildman–Crippen MR) is 88.3 cm³/mol. The van der Waals surface area contributed by atoms with Crippen LogP contribution in [0.1, 0.15) is 51.5 Å². The Morgan fingerprint density at radius 2 is 1.73 bits per heavy atom. The maximum absolute atomic E-state index is 11.7. The van der Waals surface area contributed by atoms with Gasteiger partial charge in [0.2, 0.25) is 11.8 Å². The molecule has 1 aromatic carbocycles. The smallest absolute Gasteiger partial charge is 0.240 e. The van der Waals surface area contributed by atoms with E-state index in [1.54, 1.807) is 0 Å². The van der Waals surface area contributed by atoms with Crippen molar-refractivity contribution in [3.8, 4) is 0 Å². The first-order valence-corrected chi connectivity index (χ1v) is 7.74. The van der Waals surface area contributed by atoms with Gasteiger partial charge in [0, 0.05) is 25.1 Å². The number of nitrogens with zero attached hydrogens (tertiary/aromatic N) is 1. The summed E-state index contributed by atoms with van der Waals surface area (Å²) < 4.78 is 0. The van der Waals surface area contributed by atoms with Gasteiger partial charge in [0.15, 0.2) is 0 Å². The van der Waals surface area contributed by atoms with Crippen LogP contribution in [-0.4, -0.2) is 17.5 Å². The Kier molecular flexibility index (Phi) is 8.57. The molecule has 0 radical (unpaired) electrons. The van der Waals surface area contributed by atoms with Crippen molar-refractivity contribution >= 4 is 17.5 Å². The molecule has 0 atom stereocenters. The first-order valence-electron chi connectivity index (χ1n) is 7.74. The third-order valence-corrected chi connectivity index (χ3v) is 3.18. The lowest BCUT2D eigenvalue weighted by Gasteiger charge is -2.05. The number of carbonyl (C=O) groups excluding carboxylic acids is 2. The van der Waals surface area contributed by atoms with Crippen LogP contribution in [0.3, 0.4) is 0 Å². The van der Waals surface area contributed by atoms with Gasteiger partial charge in [-0.05, 0) is 25.3 Å². The molecule has 1 rings (SSSR count). The number of rotatable bonds is 9. The van der Waals surface area contributed by atoms with Crippen molar-refractivity contribution in [3.05, 3.63) is 35.9 Å². The lowest BCUT2D eigenvalue weighted by Crippen LogP contribution is -2.25. The highest BCUT2D eigenvalue weighted by Gasteiger charge is 2.06. The number of hydrogen-bond donors (Lipinski definition) is 2. The molecule has 1 aromatic rings. The number of amides is 2. The predicted octanol–water partition coefficient (Wildman–Crippen LogP) is 2.77. The van der Waals surface area contributed by atoms with Gasteiger partial charge in [0.25, 0.3) is 0 Å². The van der Waals surface area contributed by atoms with Crippen molar-refractivity contribution in [2.24, 2.45) is 5.10 Å². The zero-order chi connectivity index (χ0) is 16.2. The van der Waals surface area contributed by atoms with Gasteiger partial charge in [0.1, 0.15) is 0 Å². The van der Waals surface area contributed by atoms with Crippen LogP contribution in [0.4, 0.5) is 0 Å². The Morgan fingerprint density at radius 1 is 1.05 bits per heavy atom. The summed E-state index contributed by atoms with van der Waals surface area (Å²) in [6.45, 7) is 4.48. The molecular weight excluding hydrogens is 278 g/mol. The highest BCUT2D eigenvalue weighted by atomic mass is 16.2. The Balaban J connectivity index is 2.19. The van der Waals surface area contributed by atoms with Crippen molar-refractivity contribution in [1.82, 2.24) is 10.7 Å². The highest BCUT2D eigenvalue weighted by molar-refractivity contribution is 5.86. The molecule has 2 amide bonds. The van der Waals surface area contributed by atoms with Gasteiger partial charge in [-0.1, -0.05) is 43.7 Å². The minimum absolute atomic E-state index is 0.134. The second kappa shape index (κ2) is 10.5. The van der Waals surface area contributed by atoms with Crippen LogP contribution < -0.4 is 10.7 Å². The second-order valence-corrected chi connectivity index (χ2v) is 5.25. The summed E-state index contributed by atoms with van der Waals surface area (Å²) in [5, 5.41) is 6.81. The van der Waals surface area contributed by atoms with Crippen LogP contribution in [0.2, 0.25) is 0 Å². The number of unbranched alkanes of at least 4 members (excludes halogenated alkanes) is 1. The average Bonchev–Trinajstić information content (AvgIpc) is 2.55. The number of benzene rings is 1. The summed E-state index contributed by atoms with van der Waals surface area (Å²) in [7, 11) is 0. The van der Waals surface area contributed by atoms with Gasteiger partial charge in [0.05, 0.1) is 0 Å². The van der Waals surface area contributed by atoms with Gasteiger partial charge in [-0.25, -0.2) is 5.43 Å². The van der Waals surface area contributed by atoms with Gasteiger partial charge in [-0.3, -0.25) is 9.59 Å². The molecule has 0 spiro atoms. The minimum atomic E-state index is -0.231. The third-order valence-electron chi connectivity index (χ3n) is 3.18. The van der Waals surface area contributed by atoms with Crippen LogP contribution >= 0.6 is 0 Å². The second-order valence-electron chi connectivity index (χ2n) is 5.25. The minimum Gasteiger partial charge on any atom is -0.352 e. The maximum Gasteiger partial charge on any atom is 0.240 e. The van der Waals surface area contributed by atoms with E-state index in [-0.39, 0.29) is 24.7 Å². The summed E-state index contributed by atoms with van der Waals surface area (Å²) >= 11 is 0. The number of hydrazone groups is 1. The average molecular weight is 303 g/mol. The molecule has 22 heavy (non-hydrogen) atoms. The Bertz CT molecular complexity index is 498. The molecule has 120 valence electrons. The maximum atomic E-state index is 11.7. The molecule has 0 unspecified atom stereocenters. The molecule has 2 N–H and O–H groups in total. The van der Waals surface area contributed by atoms with E-state index in [0.717, 1.165) is 30.5 Å². The van der Waals surface area contributed by atoms with Gasteiger partial charge in [-0.15, -0.1) is 0 Å². The number of hydrogen-bond acceptors (Lipinski definition) is 3. The largest absolute Gasteiger partial charge is 0.352 e. The molecule has 0 heterocycles. The quantitative estimate of drug-likeness (QED) is 0.544. The van der Waals surface area contributed by atoms with Crippen LogP contribution in [0.5, 0.6) is 0 Å². The van der Waals surface area contributed by atoms with E-state index in [1.165, 1.54) is 0 Å². The van der Waals surface area contributed by atoms with Crippen LogP contribution in [0, 0.1) is 0 Å². The van der Waals surface area contributed by atoms with Crippen LogP contribution in [0.25, 0.3) is 0 Å².